The predicted octanol–water partition coefficient (Wildman–Crippen LogP) is 3.01. The topological polar surface area (TPSA) is 72.7 Å². The molecule has 136 valence electrons. The van der Waals surface area contributed by atoms with Gasteiger partial charge in [0.05, 0.1) is 6.54 Å². The van der Waals surface area contributed by atoms with Gasteiger partial charge in [-0.3, -0.25) is 14.3 Å². The highest BCUT2D eigenvalue weighted by molar-refractivity contribution is 7.99. The molecule has 0 bridgehead atoms. The van der Waals surface area contributed by atoms with Crippen LogP contribution in [0.15, 0.2) is 50.1 Å². The summed E-state index contributed by atoms with van der Waals surface area (Å²) in [6.45, 7) is 4.33. The molecular weight excluding hydrogens is 372 g/mol. The molecule has 3 rings (SSSR count). The van der Waals surface area contributed by atoms with E-state index in [1.807, 2.05) is 48.8 Å². The third-order valence-electron chi connectivity index (χ3n) is 4.01. The molecule has 0 amide bonds. The molecule has 3 aromatic rings. The minimum atomic E-state index is -0.476. The van der Waals surface area contributed by atoms with Crippen molar-refractivity contribution in [3.05, 3.63) is 67.3 Å². The molecule has 0 radical (unpaired) electrons. The Hall–Kier alpha value is -2.25. The van der Waals surface area contributed by atoms with Crippen molar-refractivity contribution < 1.29 is 0 Å². The van der Waals surface area contributed by atoms with Gasteiger partial charge >= 0.3 is 5.69 Å². The van der Waals surface area contributed by atoms with Crippen LogP contribution in [0, 0.1) is 6.92 Å². The first-order valence-corrected chi connectivity index (χ1v) is 9.43. The number of thioether (sulfide) groups is 1. The predicted molar refractivity (Wildman–Crippen MR) is 106 cm³/mol. The Morgan fingerprint density at radius 2 is 2.00 bits per heavy atom. The van der Waals surface area contributed by atoms with Gasteiger partial charge in [0, 0.05) is 17.8 Å². The van der Waals surface area contributed by atoms with Crippen molar-refractivity contribution in [2.75, 3.05) is 5.75 Å². The Morgan fingerprint density at radius 3 is 2.65 bits per heavy atom. The molecule has 2 heterocycles. The number of H-pyrrole nitrogens is 1. The lowest BCUT2D eigenvalue weighted by molar-refractivity contribution is 0.728. The van der Waals surface area contributed by atoms with Crippen LogP contribution in [0.1, 0.15) is 18.1 Å². The first-order valence-electron chi connectivity index (χ1n) is 8.07. The summed E-state index contributed by atoms with van der Waals surface area (Å²) in [5, 5.41) is 1.37. The highest BCUT2D eigenvalue weighted by Gasteiger charge is 2.17. The molecule has 0 saturated carbocycles. The maximum atomic E-state index is 12.4. The summed E-state index contributed by atoms with van der Waals surface area (Å²) < 4.78 is 3.20. The summed E-state index contributed by atoms with van der Waals surface area (Å²) in [5.41, 5.74) is 2.08. The maximum Gasteiger partial charge on any atom is 0.329 e. The third kappa shape index (κ3) is 3.78. The van der Waals surface area contributed by atoms with E-state index in [1.54, 1.807) is 7.05 Å². The lowest BCUT2D eigenvalue weighted by Gasteiger charge is -2.08. The first-order chi connectivity index (χ1) is 12.4. The van der Waals surface area contributed by atoms with Crippen LogP contribution in [-0.4, -0.2) is 24.9 Å². The largest absolute Gasteiger partial charge is 0.329 e. The molecule has 0 saturated heterocycles. The van der Waals surface area contributed by atoms with Gasteiger partial charge in [0.1, 0.15) is 0 Å². The van der Waals surface area contributed by atoms with Gasteiger partial charge in [-0.1, -0.05) is 59.3 Å². The minimum Gasteiger partial charge on any atom is -0.309 e. The van der Waals surface area contributed by atoms with E-state index in [-0.39, 0.29) is 0 Å². The Bertz CT molecular complexity index is 1090. The number of benzene rings is 1. The zero-order valence-electron chi connectivity index (χ0n) is 14.7. The number of aromatic amines is 1. The average molecular weight is 391 g/mol. The molecule has 0 spiro atoms. The van der Waals surface area contributed by atoms with Crippen molar-refractivity contribution in [2.24, 2.45) is 7.05 Å². The van der Waals surface area contributed by atoms with Gasteiger partial charge < -0.3 is 4.57 Å². The Morgan fingerprint density at radius 1 is 1.31 bits per heavy atom. The van der Waals surface area contributed by atoms with Crippen molar-refractivity contribution >= 4 is 34.5 Å². The molecule has 6 nitrogen and oxygen atoms in total. The molecule has 0 aliphatic heterocycles. The lowest BCUT2D eigenvalue weighted by Crippen LogP contribution is -2.29. The van der Waals surface area contributed by atoms with Crippen LogP contribution >= 0.6 is 23.4 Å². The van der Waals surface area contributed by atoms with E-state index in [0.717, 1.165) is 5.56 Å². The second-order valence-electron chi connectivity index (χ2n) is 6.06. The van der Waals surface area contributed by atoms with Gasteiger partial charge in [-0.25, -0.2) is 9.78 Å². The number of nitrogens with one attached hydrogen (secondary N) is 1. The van der Waals surface area contributed by atoms with Gasteiger partial charge in [-0.2, -0.15) is 0 Å². The second-order valence-corrected chi connectivity index (χ2v) is 7.64. The van der Waals surface area contributed by atoms with Crippen molar-refractivity contribution in [2.45, 2.75) is 25.5 Å². The van der Waals surface area contributed by atoms with Gasteiger partial charge in [-0.05, 0) is 19.4 Å². The zero-order valence-corrected chi connectivity index (χ0v) is 16.3. The van der Waals surface area contributed by atoms with E-state index in [9.17, 15) is 9.59 Å². The molecular formula is C18H19ClN4O2S. The number of nitrogens with zero attached hydrogens (tertiary/aromatic N) is 3. The first kappa shape index (κ1) is 18.5. The number of rotatable bonds is 5. The summed E-state index contributed by atoms with van der Waals surface area (Å²) in [7, 11) is 1.60. The number of aryl methyl sites for hydroxylation is 2. The highest BCUT2D eigenvalue weighted by Crippen LogP contribution is 2.23. The van der Waals surface area contributed by atoms with Crippen molar-refractivity contribution in [3.8, 4) is 0 Å². The van der Waals surface area contributed by atoms with Crippen molar-refractivity contribution in [1.82, 2.24) is 19.1 Å². The monoisotopic (exact) mass is 390 g/mol. The Kier molecular flexibility index (Phi) is 5.38. The number of imidazole rings is 1. The molecule has 2 aromatic heterocycles. The van der Waals surface area contributed by atoms with Crippen LogP contribution < -0.4 is 11.2 Å². The van der Waals surface area contributed by atoms with Crippen molar-refractivity contribution in [1.29, 1.82) is 0 Å². The molecule has 26 heavy (non-hydrogen) atoms. The molecule has 0 unspecified atom stereocenters. The van der Waals surface area contributed by atoms with Crippen LogP contribution in [0.2, 0.25) is 0 Å². The normalized spacial score (nSPS) is 12.1. The maximum absolute atomic E-state index is 12.4. The van der Waals surface area contributed by atoms with Gasteiger partial charge in [0.25, 0.3) is 5.56 Å². The quantitative estimate of drug-likeness (QED) is 0.679. The number of hydrogen-bond donors (Lipinski definition) is 1. The Labute approximate surface area is 159 Å². The number of halogens is 1. The lowest BCUT2D eigenvalue weighted by atomic mass is 10.1. The average Bonchev–Trinajstić information content (AvgIpc) is 2.94. The molecule has 8 heteroatoms. The van der Waals surface area contributed by atoms with E-state index in [0.29, 0.717) is 33.7 Å². The van der Waals surface area contributed by atoms with Crippen LogP contribution in [-0.2, 0) is 13.6 Å². The van der Waals surface area contributed by atoms with E-state index >= 15 is 0 Å². The summed E-state index contributed by atoms with van der Waals surface area (Å²) in [6.07, 6.45) is 1.88. The second kappa shape index (κ2) is 7.55. The molecule has 1 N–H and O–H groups in total. The number of aromatic nitrogens is 4. The standard InChI is InChI=1S/C18H19ClN4O2S/c1-11-4-6-13(7-5-11)10-23-14-15(22(3)17(25)21-16(14)24)20-18(23)26-9-8-12(2)19/h4-8H,9-10H2,1-3H3,(H,21,24,25)/b12-8+. The van der Waals surface area contributed by atoms with Crippen LogP contribution in [0.4, 0.5) is 0 Å². The van der Waals surface area contributed by atoms with Crippen LogP contribution in [0.3, 0.4) is 0 Å². The van der Waals surface area contributed by atoms with Crippen LogP contribution in [0.25, 0.3) is 11.2 Å². The summed E-state index contributed by atoms with van der Waals surface area (Å²) in [6, 6.07) is 8.10. The fourth-order valence-electron chi connectivity index (χ4n) is 2.58. The smallest absolute Gasteiger partial charge is 0.309 e. The SMILES string of the molecule is C/C(Cl)=C\CSc1nc2c(c(=O)[nH]c(=O)n2C)n1Cc1ccc(C)cc1. The van der Waals surface area contributed by atoms with E-state index in [2.05, 4.69) is 9.97 Å². The fourth-order valence-corrected chi connectivity index (χ4v) is 3.69. The molecule has 0 fully saturated rings. The van der Waals surface area contributed by atoms with E-state index in [1.165, 1.54) is 21.9 Å². The summed E-state index contributed by atoms with van der Waals surface area (Å²) in [5.74, 6) is 0.623. The molecule has 0 aliphatic rings. The Balaban J connectivity index is 2.14. The van der Waals surface area contributed by atoms with Gasteiger partial charge in [0.15, 0.2) is 16.3 Å². The molecule has 1 aromatic carbocycles. The highest BCUT2D eigenvalue weighted by atomic mass is 35.5. The van der Waals surface area contributed by atoms with Crippen LogP contribution in [0.5, 0.6) is 0 Å². The van der Waals surface area contributed by atoms with E-state index in [4.69, 9.17) is 11.6 Å². The number of fused-ring (bicyclic) bond motifs is 1. The fraction of sp³-hybridized carbons (Fsp3) is 0.278. The minimum absolute atomic E-state index is 0.375. The van der Waals surface area contributed by atoms with E-state index < -0.39 is 11.2 Å². The number of allylic oxidation sites excluding steroid dienone is 1. The molecule has 0 aliphatic carbocycles. The van der Waals surface area contributed by atoms with Gasteiger partial charge in [-0.15, -0.1) is 0 Å². The summed E-state index contributed by atoms with van der Waals surface area (Å²) in [4.78, 5) is 31.2. The van der Waals surface area contributed by atoms with Crippen molar-refractivity contribution in [3.63, 3.8) is 0 Å². The summed E-state index contributed by atoms with van der Waals surface area (Å²) >= 11 is 7.37. The third-order valence-corrected chi connectivity index (χ3v) is 5.07. The van der Waals surface area contributed by atoms with Gasteiger partial charge in [0.2, 0.25) is 0 Å². The number of hydrogen-bond acceptors (Lipinski definition) is 4. The molecule has 0 atom stereocenters. The zero-order chi connectivity index (χ0) is 18.8.